The molecule has 380 valence electrons. The summed E-state index contributed by atoms with van der Waals surface area (Å²) in [5.74, 6) is 1.44. The van der Waals surface area contributed by atoms with Crippen LogP contribution in [0.2, 0.25) is 0 Å². The molecule has 0 saturated heterocycles. The summed E-state index contributed by atoms with van der Waals surface area (Å²) in [6.07, 6.45) is 0. The van der Waals surface area contributed by atoms with Crippen molar-refractivity contribution in [3.05, 3.63) is 216 Å². The average Bonchev–Trinajstić information content (AvgIpc) is 4.13. The Morgan fingerprint density at radius 1 is 0.447 bits per heavy atom. The monoisotopic (exact) mass is 1010 g/mol. The number of phenolic OH excluding ortho intramolecular Hbond substituents is 4. The van der Waals surface area contributed by atoms with E-state index in [0.29, 0.717) is 105 Å². The van der Waals surface area contributed by atoms with E-state index in [9.17, 15) is 20.4 Å². The third kappa shape index (κ3) is 11.5. The number of nitrogens with zero attached hydrogens (tertiary/aromatic N) is 4. The average molecular weight is 1010 g/mol. The predicted octanol–water partition coefficient (Wildman–Crippen LogP) is 12.7. The first-order chi connectivity index (χ1) is 37.0. The van der Waals surface area contributed by atoms with Gasteiger partial charge in [-0.2, -0.15) is 0 Å². The first-order valence-electron chi connectivity index (χ1n) is 24.8. The molecule has 0 unspecified atom stereocenters. The maximum atomic E-state index is 16.1. The van der Waals surface area contributed by atoms with E-state index in [1.807, 2.05) is 62.6 Å². The van der Waals surface area contributed by atoms with E-state index < -0.39 is 5.78 Å². The van der Waals surface area contributed by atoms with Gasteiger partial charge in [-0.15, -0.1) is 0 Å². The maximum absolute atomic E-state index is 16.1. The molecular weight excluding hydrogens is 957 g/mol. The molecule has 0 saturated carbocycles. The van der Waals surface area contributed by atoms with Gasteiger partial charge < -0.3 is 38.9 Å². The Hall–Kier alpha value is -9.43. The van der Waals surface area contributed by atoms with E-state index in [4.69, 9.17) is 18.5 Å². The van der Waals surface area contributed by atoms with E-state index >= 15 is 4.79 Å². The molecule has 10 rings (SSSR count). The maximum Gasteiger partial charge on any atom is 0.194 e. The topological polar surface area (TPSA) is 175 Å². The molecule has 0 amide bonds. The van der Waals surface area contributed by atoms with Crippen molar-refractivity contribution < 1.29 is 43.7 Å². The number of rotatable bonds is 20. The van der Waals surface area contributed by atoms with Gasteiger partial charge in [0.2, 0.25) is 0 Å². The molecule has 0 atom stereocenters. The Morgan fingerprint density at radius 3 is 1.14 bits per heavy atom. The summed E-state index contributed by atoms with van der Waals surface area (Å²) >= 11 is 0. The third-order valence-electron chi connectivity index (χ3n) is 13.0. The second kappa shape index (κ2) is 22.8. The van der Waals surface area contributed by atoms with E-state index in [-0.39, 0.29) is 34.1 Å². The lowest BCUT2D eigenvalue weighted by Crippen LogP contribution is -2.23. The summed E-state index contributed by atoms with van der Waals surface area (Å²) < 4.78 is 25.4. The lowest BCUT2D eigenvalue weighted by molar-refractivity contribution is 0.104. The van der Waals surface area contributed by atoms with Gasteiger partial charge in [-0.1, -0.05) is 71.0 Å². The highest BCUT2D eigenvalue weighted by Gasteiger charge is 2.30. The van der Waals surface area contributed by atoms with Crippen LogP contribution in [0.3, 0.4) is 0 Å². The quantitative estimate of drug-likeness (QED) is 0.0531. The molecule has 0 aliphatic heterocycles. The van der Waals surface area contributed by atoms with Crippen LogP contribution in [0.25, 0.3) is 67.4 Å². The molecule has 13 nitrogen and oxygen atoms in total. The molecule has 8 aromatic carbocycles. The fourth-order valence-corrected chi connectivity index (χ4v) is 9.10. The Labute approximate surface area is 439 Å². The third-order valence-corrected chi connectivity index (χ3v) is 13.0. The van der Waals surface area contributed by atoms with E-state index in [1.54, 1.807) is 121 Å². The van der Waals surface area contributed by atoms with Crippen LogP contribution in [0.4, 0.5) is 0 Å². The molecule has 2 aromatic heterocycles. The van der Waals surface area contributed by atoms with Crippen molar-refractivity contribution in [2.24, 2.45) is 0 Å². The smallest absolute Gasteiger partial charge is 0.194 e. The molecule has 2 heterocycles. The molecule has 0 aliphatic rings. The van der Waals surface area contributed by atoms with Gasteiger partial charge in [0, 0.05) is 70.7 Å². The number of ether oxygens (including phenoxy) is 2. The van der Waals surface area contributed by atoms with Crippen molar-refractivity contribution in [2.75, 3.05) is 40.4 Å². The van der Waals surface area contributed by atoms with E-state index in [1.165, 1.54) is 11.1 Å². The van der Waals surface area contributed by atoms with Crippen LogP contribution >= 0.6 is 0 Å². The molecule has 0 radical (unpaired) electrons. The fraction of sp³-hybridized carbons (Fsp3) is 0.127. The number of likely N-dealkylation sites (N-methyl/N-ethyl adjacent to an activating group) is 2. The Morgan fingerprint density at radius 2 is 0.789 bits per heavy atom. The highest BCUT2D eigenvalue weighted by molar-refractivity contribution is 6.18. The van der Waals surface area contributed by atoms with Crippen molar-refractivity contribution in [3.63, 3.8) is 0 Å². The van der Waals surface area contributed by atoms with Gasteiger partial charge in [-0.05, 0) is 159 Å². The van der Waals surface area contributed by atoms with Crippen molar-refractivity contribution >= 4 is 5.78 Å². The molecule has 13 heteroatoms. The van der Waals surface area contributed by atoms with Crippen LogP contribution in [0, 0.1) is 0 Å². The van der Waals surface area contributed by atoms with Crippen LogP contribution in [0.15, 0.2) is 203 Å². The van der Waals surface area contributed by atoms with Gasteiger partial charge in [0.1, 0.15) is 59.1 Å². The van der Waals surface area contributed by atoms with Gasteiger partial charge in [0.15, 0.2) is 17.3 Å². The van der Waals surface area contributed by atoms with Crippen molar-refractivity contribution in [1.82, 2.24) is 20.1 Å². The predicted molar refractivity (Wildman–Crippen MR) is 292 cm³/mol. The molecule has 0 fully saturated rings. The Kier molecular flexibility index (Phi) is 15.0. The minimum atomic E-state index is -0.391. The summed E-state index contributed by atoms with van der Waals surface area (Å²) in [6.45, 7) is 3.31. The molecular formula is C63H54N4O9. The minimum absolute atomic E-state index is 0.0540. The van der Waals surface area contributed by atoms with Crippen LogP contribution in [-0.2, 0) is 13.1 Å². The van der Waals surface area contributed by atoms with Crippen LogP contribution in [0.1, 0.15) is 27.0 Å². The molecule has 76 heavy (non-hydrogen) atoms. The summed E-state index contributed by atoms with van der Waals surface area (Å²) in [5.41, 5.74) is 7.82. The number of ketones is 1. The highest BCUT2D eigenvalue weighted by atomic mass is 16.5. The van der Waals surface area contributed by atoms with Crippen molar-refractivity contribution in [2.45, 2.75) is 13.1 Å². The number of hydrogen-bond donors (Lipinski definition) is 4. The van der Waals surface area contributed by atoms with Crippen LogP contribution in [0.5, 0.6) is 34.5 Å². The lowest BCUT2D eigenvalue weighted by atomic mass is 9.86. The summed E-state index contributed by atoms with van der Waals surface area (Å²) in [7, 11) is 4.06. The van der Waals surface area contributed by atoms with Gasteiger partial charge in [0.25, 0.3) is 0 Å². The number of hydrogen-bond acceptors (Lipinski definition) is 13. The van der Waals surface area contributed by atoms with Crippen molar-refractivity contribution in [1.29, 1.82) is 0 Å². The number of benzene rings is 8. The van der Waals surface area contributed by atoms with Crippen LogP contribution < -0.4 is 9.47 Å². The second-order valence-electron chi connectivity index (χ2n) is 18.5. The Bertz CT molecular complexity index is 3200. The number of phenols is 4. The zero-order valence-corrected chi connectivity index (χ0v) is 41.8. The largest absolute Gasteiger partial charge is 0.508 e. The van der Waals surface area contributed by atoms with Crippen molar-refractivity contribution in [3.8, 4) is 102 Å². The molecule has 4 N–H and O–H groups in total. The second-order valence-corrected chi connectivity index (χ2v) is 18.5. The summed E-state index contributed by atoms with van der Waals surface area (Å²) in [4.78, 5) is 20.4. The fourth-order valence-electron chi connectivity index (χ4n) is 9.10. The first kappa shape index (κ1) is 50.1. The lowest BCUT2D eigenvalue weighted by Gasteiger charge is -2.19. The van der Waals surface area contributed by atoms with Crippen LogP contribution in [-0.4, -0.2) is 86.7 Å². The summed E-state index contributed by atoms with van der Waals surface area (Å²) in [5, 5.41) is 50.7. The van der Waals surface area contributed by atoms with E-state index in [0.717, 1.165) is 13.1 Å². The summed E-state index contributed by atoms with van der Waals surface area (Å²) in [6, 6.07) is 57.2. The first-order valence-corrected chi connectivity index (χ1v) is 24.8. The number of carbonyl (C=O) groups is 1. The van der Waals surface area contributed by atoms with Gasteiger partial charge in [-0.3, -0.25) is 14.6 Å². The number of aromatic nitrogens is 2. The van der Waals surface area contributed by atoms with Gasteiger partial charge in [0.05, 0.1) is 11.1 Å². The highest BCUT2D eigenvalue weighted by Crippen LogP contribution is 2.47. The zero-order chi connectivity index (χ0) is 52.5. The standard InChI is InChI=1S/C63H54N4O9/c1-66(39-41-9-5-3-6-10-41)33-35-73-51-29-31-53(55(37-51)57-59(43-13-21-47(68)22-14-43)64-75-62(57)45-17-25-49(70)26-18-45)61(72)54-32-30-52(74-36-34-67(2)40-42-11-7-4-8-12-42)38-56(54)58-60(44-15-23-48(69)24-16-44)65-76-63(58)46-19-27-50(71)28-20-46/h3-32,37-38,68-71H,33-36,39-40H2,1-2H3. The number of carbonyl (C=O) groups excluding carboxylic acids is 1. The van der Waals surface area contributed by atoms with Gasteiger partial charge in [-0.25, -0.2) is 0 Å². The number of aromatic hydroxyl groups is 4. The van der Waals surface area contributed by atoms with Gasteiger partial charge >= 0.3 is 0 Å². The molecule has 0 bridgehead atoms. The molecule has 10 aromatic rings. The Balaban J connectivity index is 1.12. The minimum Gasteiger partial charge on any atom is -0.508 e. The zero-order valence-electron chi connectivity index (χ0n) is 41.8. The molecule has 0 aliphatic carbocycles. The SMILES string of the molecule is CN(CCOc1ccc(C(=O)c2ccc(OCCN(C)Cc3ccccc3)cc2-c2c(-c3ccc(O)cc3)noc2-c2ccc(O)cc2)c(-c2c(-c3ccc(O)cc3)noc2-c2ccc(O)cc2)c1)Cc1ccccc1. The molecule has 0 spiro atoms. The normalized spacial score (nSPS) is 11.3. The van der Waals surface area contributed by atoms with E-state index in [2.05, 4.69) is 44.4 Å².